The summed E-state index contributed by atoms with van der Waals surface area (Å²) in [5.41, 5.74) is 4.78. The monoisotopic (exact) mass is 255 g/mol. The van der Waals surface area contributed by atoms with Gasteiger partial charge < -0.3 is 10.1 Å². The smallest absolute Gasteiger partial charge is 0.119 e. The minimum Gasteiger partial charge on any atom is -0.497 e. The van der Waals surface area contributed by atoms with Crippen LogP contribution in [0.3, 0.4) is 0 Å². The zero-order valence-corrected chi connectivity index (χ0v) is 11.0. The molecule has 2 aromatic rings. The molecule has 19 heavy (non-hydrogen) atoms. The number of fused-ring (bicyclic) bond motifs is 1. The van der Waals surface area contributed by atoms with Gasteiger partial charge in [-0.1, -0.05) is 12.1 Å². The Balaban J connectivity index is 1.90. The standard InChI is InChI=1S/C15H17N3O/c1-19-12-4-2-3-11(7-12)8-15-13-9-16-6-5-14(13)17-10-18-15/h2-4,7,10,16H,5-6,8-9H2,1H3. The Morgan fingerprint density at radius 2 is 2.26 bits per heavy atom. The molecule has 0 spiro atoms. The van der Waals surface area contributed by atoms with E-state index in [0.717, 1.165) is 37.4 Å². The number of hydrogen-bond acceptors (Lipinski definition) is 4. The van der Waals surface area contributed by atoms with Crippen molar-refractivity contribution in [2.45, 2.75) is 19.4 Å². The fourth-order valence-electron chi connectivity index (χ4n) is 2.46. The van der Waals surface area contributed by atoms with Crippen molar-refractivity contribution in [2.24, 2.45) is 0 Å². The quantitative estimate of drug-likeness (QED) is 0.907. The molecule has 1 aliphatic rings. The van der Waals surface area contributed by atoms with Crippen molar-refractivity contribution in [1.29, 1.82) is 0 Å². The predicted octanol–water partition coefficient (Wildman–Crippen LogP) is 1.72. The van der Waals surface area contributed by atoms with Crippen LogP contribution >= 0.6 is 0 Å². The number of rotatable bonds is 3. The lowest BCUT2D eigenvalue weighted by molar-refractivity contribution is 0.414. The number of nitrogens with zero attached hydrogens (tertiary/aromatic N) is 2. The highest BCUT2D eigenvalue weighted by atomic mass is 16.5. The molecule has 2 heterocycles. The van der Waals surface area contributed by atoms with Gasteiger partial charge in [-0.25, -0.2) is 9.97 Å². The van der Waals surface area contributed by atoms with Crippen LogP contribution in [0, 0.1) is 0 Å². The molecule has 0 saturated carbocycles. The number of hydrogen-bond donors (Lipinski definition) is 1. The zero-order valence-electron chi connectivity index (χ0n) is 11.0. The van der Waals surface area contributed by atoms with Crippen LogP contribution in [0.25, 0.3) is 0 Å². The summed E-state index contributed by atoms with van der Waals surface area (Å²) >= 11 is 0. The summed E-state index contributed by atoms with van der Waals surface area (Å²) < 4.78 is 5.26. The van der Waals surface area contributed by atoms with Crippen LogP contribution in [0.1, 0.15) is 22.5 Å². The van der Waals surface area contributed by atoms with Crippen LogP contribution in [0.5, 0.6) is 5.75 Å². The molecule has 3 rings (SSSR count). The molecule has 0 amide bonds. The molecule has 1 N–H and O–H groups in total. The molecule has 0 aliphatic carbocycles. The van der Waals surface area contributed by atoms with Crippen LogP contribution < -0.4 is 10.1 Å². The molecule has 0 bridgehead atoms. The molecule has 0 unspecified atom stereocenters. The Morgan fingerprint density at radius 1 is 1.32 bits per heavy atom. The van der Waals surface area contributed by atoms with E-state index in [0.29, 0.717) is 0 Å². The van der Waals surface area contributed by atoms with E-state index in [1.165, 1.54) is 16.8 Å². The number of aromatic nitrogens is 2. The van der Waals surface area contributed by atoms with Gasteiger partial charge in [-0.15, -0.1) is 0 Å². The van der Waals surface area contributed by atoms with Crippen molar-refractivity contribution in [3.05, 3.63) is 53.1 Å². The molecule has 0 saturated heterocycles. The van der Waals surface area contributed by atoms with Gasteiger partial charge in [-0.05, 0) is 17.7 Å². The second kappa shape index (κ2) is 5.36. The van der Waals surface area contributed by atoms with Crippen LogP contribution in [-0.4, -0.2) is 23.6 Å². The zero-order chi connectivity index (χ0) is 13.1. The van der Waals surface area contributed by atoms with Crippen LogP contribution in [-0.2, 0) is 19.4 Å². The maximum absolute atomic E-state index is 5.26. The van der Waals surface area contributed by atoms with Crippen molar-refractivity contribution in [2.75, 3.05) is 13.7 Å². The summed E-state index contributed by atoms with van der Waals surface area (Å²) in [5.74, 6) is 0.888. The highest BCUT2D eigenvalue weighted by molar-refractivity contribution is 5.35. The van der Waals surface area contributed by atoms with Crippen LogP contribution in [0.4, 0.5) is 0 Å². The first kappa shape index (κ1) is 12.1. The van der Waals surface area contributed by atoms with E-state index in [1.54, 1.807) is 13.4 Å². The molecular weight excluding hydrogens is 238 g/mol. The fourth-order valence-corrected chi connectivity index (χ4v) is 2.46. The largest absolute Gasteiger partial charge is 0.497 e. The Bertz CT molecular complexity index is 583. The van der Waals surface area contributed by atoms with Gasteiger partial charge >= 0.3 is 0 Å². The molecule has 4 nitrogen and oxygen atoms in total. The van der Waals surface area contributed by atoms with E-state index in [4.69, 9.17) is 4.74 Å². The Hall–Kier alpha value is -1.94. The van der Waals surface area contributed by atoms with Gasteiger partial charge in [0.1, 0.15) is 12.1 Å². The average Bonchev–Trinajstić information content (AvgIpc) is 2.48. The predicted molar refractivity (Wildman–Crippen MR) is 73.2 cm³/mol. The molecule has 98 valence electrons. The molecular formula is C15H17N3O. The molecule has 0 radical (unpaired) electrons. The van der Waals surface area contributed by atoms with E-state index in [-0.39, 0.29) is 0 Å². The first-order valence-corrected chi connectivity index (χ1v) is 6.52. The van der Waals surface area contributed by atoms with E-state index in [1.807, 2.05) is 12.1 Å². The maximum Gasteiger partial charge on any atom is 0.119 e. The van der Waals surface area contributed by atoms with Crippen LogP contribution in [0.15, 0.2) is 30.6 Å². The van der Waals surface area contributed by atoms with Gasteiger partial charge in [-0.2, -0.15) is 0 Å². The van der Waals surface area contributed by atoms with Gasteiger partial charge in [0.15, 0.2) is 0 Å². The highest BCUT2D eigenvalue weighted by Gasteiger charge is 2.15. The summed E-state index contributed by atoms with van der Waals surface area (Å²) in [5, 5.41) is 3.38. The summed E-state index contributed by atoms with van der Waals surface area (Å²) in [6, 6.07) is 8.14. The third-order valence-electron chi connectivity index (χ3n) is 3.47. The van der Waals surface area contributed by atoms with Gasteiger partial charge in [0.25, 0.3) is 0 Å². The van der Waals surface area contributed by atoms with Crippen molar-refractivity contribution in [3.63, 3.8) is 0 Å². The third-order valence-corrected chi connectivity index (χ3v) is 3.47. The first-order valence-electron chi connectivity index (χ1n) is 6.52. The molecule has 4 heteroatoms. The number of benzene rings is 1. The minimum atomic E-state index is 0.823. The average molecular weight is 255 g/mol. The highest BCUT2D eigenvalue weighted by Crippen LogP contribution is 2.19. The molecule has 0 fully saturated rings. The third kappa shape index (κ3) is 2.58. The molecule has 1 aliphatic heterocycles. The topological polar surface area (TPSA) is 47.0 Å². The van der Waals surface area contributed by atoms with Crippen LogP contribution in [0.2, 0.25) is 0 Å². The number of nitrogens with one attached hydrogen (secondary N) is 1. The SMILES string of the molecule is COc1cccc(Cc2ncnc3c2CNCC3)c1. The summed E-state index contributed by atoms with van der Waals surface area (Å²) in [6.07, 6.45) is 3.49. The molecule has 1 aromatic heterocycles. The van der Waals surface area contributed by atoms with Crippen molar-refractivity contribution in [3.8, 4) is 5.75 Å². The Morgan fingerprint density at radius 3 is 3.16 bits per heavy atom. The van der Waals surface area contributed by atoms with Crippen molar-refractivity contribution in [1.82, 2.24) is 15.3 Å². The van der Waals surface area contributed by atoms with Gasteiger partial charge in [0, 0.05) is 37.2 Å². The maximum atomic E-state index is 5.26. The first-order chi connectivity index (χ1) is 9.36. The minimum absolute atomic E-state index is 0.823. The van der Waals surface area contributed by atoms with Crippen molar-refractivity contribution < 1.29 is 4.74 Å². The Kier molecular flexibility index (Phi) is 3.42. The summed E-state index contributed by atoms with van der Waals surface area (Å²) in [7, 11) is 1.69. The summed E-state index contributed by atoms with van der Waals surface area (Å²) in [4.78, 5) is 8.83. The fraction of sp³-hybridized carbons (Fsp3) is 0.333. The lowest BCUT2D eigenvalue weighted by atomic mass is 10.0. The molecule has 0 atom stereocenters. The number of ether oxygens (including phenoxy) is 1. The van der Waals surface area contributed by atoms with E-state index in [9.17, 15) is 0 Å². The lowest BCUT2D eigenvalue weighted by Crippen LogP contribution is -2.26. The van der Waals surface area contributed by atoms with E-state index in [2.05, 4.69) is 27.4 Å². The second-order valence-corrected chi connectivity index (χ2v) is 4.70. The summed E-state index contributed by atoms with van der Waals surface area (Å²) in [6.45, 7) is 1.87. The van der Waals surface area contributed by atoms with Crippen molar-refractivity contribution >= 4 is 0 Å². The van der Waals surface area contributed by atoms with Gasteiger partial charge in [0.2, 0.25) is 0 Å². The van der Waals surface area contributed by atoms with E-state index < -0.39 is 0 Å². The molecule has 1 aromatic carbocycles. The Labute approximate surface area is 112 Å². The second-order valence-electron chi connectivity index (χ2n) is 4.70. The normalized spacial score (nSPS) is 13.9. The van der Waals surface area contributed by atoms with Gasteiger partial charge in [-0.3, -0.25) is 0 Å². The van der Waals surface area contributed by atoms with E-state index >= 15 is 0 Å². The van der Waals surface area contributed by atoms with Gasteiger partial charge in [0.05, 0.1) is 12.8 Å². The number of methoxy groups -OCH3 is 1. The lowest BCUT2D eigenvalue weighted by Gasteiger charge is -2.18.